The number of likely N-dealkylation sites (tertiary alicyclic amines) is 1. The van der Waals surface area contributed by atoms with Gasteiger partial charge in [0.05, 0.1) is 22.2 Å². The van der Waals surface area contributed by atoms with E-state index in [1.807, 2.05) is 0 Å². The molecule has 0 radical (unpaired) electrons. The SMILES string of the molecule is CC1CCN(C(=O)C2CC(=O)N(c3cc(C(F)(F)F)ccc3Cl)C2)CC1. The van der Waals surface area contributed by atoms with Crippen LogP contribution >= 0.6 is 11.6 Å². The number of carbonyl (C=O) groups is 2. The molecule has 8 heteroatoms. The van der Waals surface area contributed by atoms with Crippen LogP contribution in [0.25, 0.3) is 0 Å². The van der Waals surface area contributed by atoms with Gasteiger partial charge < -0.3 is 9.80 Å². The summed E-state index contributed by atoms with van der Waals surface area (Å²) in [5, 5.41) is 0.0613. The van der Waals surface area contributed by atoms with E-state index in [-0.39, 0.29) is 35.5 Å². The minimum absolute atomic E-state index is 0.00252. The molecule has 4 nitrogen and oxygen atoms in total. The molecule has 1 unspecified atom stereocenters. The summed E-state index contributed by atoms with van der Waals surface area (Å²) in [6.45, 7) is 3.52. The monoisotopic (exact) mass is 388 g/mol. The lowest BCUT2D eigenvalue weighted by Gasteiger charge is -2.32. The first-order valence-corrected chi connectivity index (χ1v) is 9.00. The van der Waals surface area contributed by atoms with E-state index in [9.17, 15) is 22.8 Å². The van der Waals surface area contributed by atoms with Crippen LogP contribution in [0.4, 0.5) is 18.9 Å². The smallest absolute Gasteiger partial charge is 0.342 e. The van der Waals surface area contributed by atoms with E-state index in [1.165, 1.54) is 4.90 Å². The summed E-state index contributed by atoms with van der Waals surface area (Å²) < 4.78 is 38.9. The van der Waals surface area contributed by atoms with Gasteiger partial charge in [-0.25, -0.2) is 0 Å². The van der Waals surface area contributed by atoms with Crippen LogP contribution in [-0.4, -0.2) is 36.3 Å². The maximum absolute atomic E-state index is 13.0. The zero-order valence-corrected chi connectivity index (χ0v) is 15.1. The van der Waals surface area contributed by atoms with Crippen LogP contribution in [-0.2, 0) is 15.8 Å². The highest BCUT2D eigenvalue weighted by molar-refractivity contribution is 6.34. The highest BCUT2D eigenvalue weighted by Gasteiger charge is 2.39. The summed E-state index contributed by atoms with van der Waals surface area (Å²) in [4.78, 5) is 28.0. The third-order valence-electron chi connectivity index (χ3n) is 5.13. The van der Waals surface area contributed by atoms with Gasteiger partial charge in [0.25, 0.3) is 0 Å². The summed E-state index contributed by atoms with van der Waals surface area (Å²) in [5.74, 6) is -0.447. The number of anilines is 1. The van der Waals surface area contributed by atoms with Gasteiger partial charge in [-0.2, -0.15) is 13.2 Å². The molecule has 1 aromatic carbocycles. The van der Waals surface area contributed by atoms with Crippen molar-refractivity contribution in [3.8, 4) is 0 Å². The number of carbonyl (C=O) groups excluding carboxylic acids is 2. The number of benzene rings is 1. The standard InChI is InChI=1S/C18H20ClF3N2O2/c1-11-4-6-23(7-5-11)17(26)12-8-16(25)24(10-12)15-9-13(18(20,21)22)2-3-14(15)19/h2-3,9,11-12H,4-8,10H2,1H3. The van der Waals surface area contributed by atoms with Gasteiger partial charge in [0, 0.05) is 26.1 Å². The molecule has 0 N–H and O–H groups in total. The topological polar surface area (TPSA) is 40.6 Å². The van der Waals surface area contributed by atoms with Crippen LogP contribution in [0.3, 0.4) is 0 Å². The predicted molar refractivity (Wildman–Crippen MR) is 91.9 cm³/mol. The number of rotatable bonds is 2. The fourth-order valence-electron chi connectivity index (χ4n) is 3.49. The van der Waals surface area contributed by atoms with Gasteiger partial charge in [0.2, 0.25) is 11.8 Å². The molecule has 0 saturated carbocycles. The Morgan fingerprint density at radius 1 is 1.23 bits per heavy atom. The van der Waals surface area contributed by atoms with E-state index in [1.54, 1.807) is 4.90 Å². The lowest BCUT2D eigenvalue weighted by Crippen LogP contribution is -2.42. The molecule has 0 bridgehead atoms. The van der Waals surface area contributed by atoms with Crippen molar-refractivity contribution in [3.63, 3.8) is 0 Å². The average molecular weight is 389 g/mol. The molecule has 3 rings (SSSR count). The van der Waals surface area contributed by atoms with Crippen LogP contribution < -0.4 is 4.90 Å². The maximum atomic E-state index is 13.0. The maximum Gasteiger partial charge on any atom is 0.416 e. The number of amides is 2. The van der Waals surface area contributed by atoms with Crippen molar-refractivity contribution in [2.75, 3.05) is 24.5 Å². The van der Waals surface area contributed by atoms with E-state index >= 15 is 0 Å². The Bertz CT molecular complexity index is 715. The minimum Gasteiger partial charge on any atom is -0.342 e. The fraction of sp³-hybridized carbons (Fsp3) is 0.556. The first kappa shape index (κ1) is 19.0. The lowest BCUT2D eigenvalue weighted by atomic mass is 9.97. The van der Waals surface area contributed by atoms with Crippen molar-refractivity contribution in [2.45, 2.75) is 32.4 Å². The molecule has 1 atom stereocenters. The molecule has 0 spiro atoms. The van der Waals surface area contributed by atoms with E-state index in [4.69, 9.17) is 11.6 Å². The lowest BCUT2D eigenvalue weighted by molar-refractivity contribution is -0.138. The summed E-state index contributed by atoms with van der Waals surface area (Å²) in [6.07, 6.45) is -2.68. The number of halogens is 4. The van der Waals surface area contributed by atoms with E-state index in [0.717, 1.165) is 31.0 Å². The third kappa shape index (κ3) is 3.82. The van der Waals surface area contributed by atoms with Crippen molar-refractivity contribution >= 4 is 29.1 Å². The highest BCUT2D eigenvalue weighted by Crippen LogP contribution is 2.37. The first-order valence-electron chi connectivity index (χ1n) is 8.62. The normalized spacial score (nSPS) is 22.2. The van der Waals surface area contributed by atoms with Crippen LogP contribution in [0, 0.1) is 11.8 Å². The number of alkyl halides is 3. The van der Waals surface area contributed by atoms with Crippen molar-refractivity contribution in [1.29, 1.82) is 0 Å². The Hall–Kier alpha value is -1.76. The van der Waals surface area contributed by atoms with Gasteiger partial charge in [0.1, 0.15) is 0 Å². The Morgan fingerprint density at radius 3 is 2.50 bits per heavy atom. The number of hydrogen-bond donors (Lipinski definition) is 0. The molecular formula is C18H20ClF3N2O2. The Labute approximate surface area is 154 Å². The molecule has 0 aromatic heterocycles. The fourth-order valence-corrected chi connectivity index (χ4v) is 3.71. The largest absolute Gasteiger partial charge is 0.416 e. The molecule has 2 amide bonds. The second-order valence-corrected chi connectivity index (χ2v) is 7.48. The van der Waals surface area contributed by atoms with Gasteiger partial charge in [-0.15, -0.1) is 0 Å². The summed E-state index contributed by atoms with van der Waals surface area (Å²) in [5.41, 5.74) is -0.862. The minimum atomic E-state index is -4.53. The van der Waals surface area contributed by atoms with Gasteiger partial charge in [-0.3, -0.25) is 9.59 Å². The zero-order valence-electron chi connectivity index (χ0n) is 14.4. The first-order chi connectivity index (χ1) is 12.2. The molecule has 2 fully saturated rings. The molecular weight excluding hydrogens is 369 g/mol. The van der Waals surface area contributed by atoms with Crippen molar-refractivity contribution in [3.05, 3.63) is 28.8 Å². The molecule has 2 saturated heterocycles. The van der Waals surface area contributed by atoms with Crippen LogP contribution in [0.5, 0.6) is 0 Å². The quantitative estimate of drug-likeness (QED) is 0.769. The number of nitrogens with zero attached hydrogens (tertiary/aromatic N) is 2. The number of hydrogen-bond acceptors (Lipinski definition) is 2. The highest BCUT2D eigenvalue weighted by atomic mass is 35.5. The third-order valence-corrected chi connectivity index (χ3v) is 5.45. The predicted octanol–water partition coefficient (Wildman–Crippen LogP) is 3.97. The molecule has 1 aromatic rings. The van der Waals surface area contributed by atoms with E-state index < -0.39 is 17.7 Å². The molecule has 0 aliphatic carbocycles. The van der Waals surface area contributed by atoms with E-state index in [2.05, 4.69) is 6.92 Å². The zero-order chi connectivity index (χ0) is 19.1. The van der Waals surface area contributed by atoms with Gasteiger partial charge in [0.15, 0.2) is 0 Å². The van der Waals surface area contributed by atoms with Crippen LogP contribution in [0.1, 0.15) is 31.7 Å². The Balaban J connectivity index is 1.77. The molecule has 142 valence electrons. The van der Waals surface area contributed by atoms with E-state index in [0.29, 0.717) is 19.0 Å². The second-order valence-electron chi connectivity index (χ2n) is 7.08. The van der Waals surface area contributed by atoms with Gasteiger partial charge in [-0.05, 0) is 37.0 Å². The summed E-state index contributed by atoms with van der Waals surface area (Å²) >= 11 is 6.03. The van der Waals surface area contributed by atoms with Crippen molar-refractivity contribution in [2.24, 2.45) is 11.8 Å². The Morgan fingerprint density at radius 2 is 1.88 bits per heavy atom. The average Bonchev–Trinajstić information content (AvgIpc) is 2.96. The summed E-state index contributed by atoms with van der Waals surface area (Å²) in [6, 6.07) is 2.88. The molecule has 2 aliphatic heterocycles. The van der Waals surface area contributed by atoms with Crippen LogP contribution in [0.2, 0.25) is 5.02 Å². The van der Waals surface area contributed by atoms with Gasteiger partial charge >= 0.3 is 6.18 Å². The molecule has 2 aliphatic rings. The number of piperidine rings is 1. The van der Waals surface area contributed by atoms with Gasteiger partial charge in [-0.1, -0.05) is 18.5 Å². The second kappa shape index (κ2) is 7.10. The molecule has 26 heavy (non-hydrogen) atoms. The Kier molecular flexibility index (Phi) is 5.19. The molecule has 2 heterocycles. The van der Waals surface area contributed by atoms with Crippen molar-refractivity contribution < 1.29 is 22.8 Å². The summed E-state index contributed by atoms with van der Waals surface area (Å²) in [7, 11) is 0. The van der Waals surface area contributed by atoms with Crippen LogP contribution in [0.15, 0.2) is 18.2 Å². The van der Waals surface area contributed by atoms with Crippen molar-refractivity contribution in [1.82, 2.24) is 4.90 Å².